The quantitative estimate of drug-likeness (QED) is 0.289. The SMILES string of the molecule is CCCOc1ccc([C@H]2[C@H]3C(=O)N(c4ccc(C(C)=O)cc4)C(=O)[C@H]3ON2c2ccccc2)cc1OCC. The van der Waals surface area contributed by atoms with Crippen LogP contribution in [0.5, 0.6) is 11.5 Å². The number of carbonyl (C=O) groups is 3. The van der Waals surface area contributed by atoms with Gasteiger partial charge in [0.15, 0.2) is 23.4 Å². The second-order valence-corrected chi connectivity index (χ2v) is 9.26. The number of nitrogens with zero attached hydrogens (tertiary/aromatic N) is 2. The molecule has 0 aliphatic carbocycles. The number of rotatable bonds is 9. The molecule has 0 unspecified atom stereocenters. The van der Waals surface area contributed by atoms with Crippen LogP contribution in [0.4, 0.5) is 11.4 Å². The molecule has 38 heavy (non-hydrogen) atoms. The largest absolute Gasteiger partial charge is 0.490 e. The summed E-state index contributed by atoms with van der Waals surface area (Å²) in [5.41, 5.74) is 2.41. The maximum absolute atomic E-state index is 13.9. The van der Waals surface area contributed by atoms with Crippen molar-refractivity contribution >= 4 is 29.0 Å². The maximum Gasteiger partial charge on any atom is 0.266 e. The van der Waals surface area contributed by atoms with E-state index in [0.29, 0.717) is 36.0 Å². The first-order valence-electron chi connectivity index (χ1n) is 12.8. The summed E-state index contributed by atoms with van der Waals surface area (Å²) in [4.78, 5) is 46.5. The Bertz CT molecular complexity index is 1340. The van der Waals surface area contributed by atoms with E-state index in [9.17, 15) is 14.4 Å². The summed E-state index contributed by atoms with van der Waals surface area (Å²) in [5, 5.41) is 1.65. The van der Waals surface area contributed by atoms with Gasteiger partial charge >= 0.3 is 0 Å². The van der Waals surface area contributed by atoms with Gasteiger partial charge in [0, 0.05) is 5.56 Å². The highest BCUT2D eigenvalue weighted by atomic mass is 16.7. The van der Waals surface area contributed by atoms with Crippen molar-refractivity contribution < 1.29 is 28.7 Å². The second kappa shape index (κ2) is 10.7. The number of hydroxylamine groups is 1. The third-order valence-electron chi connectivity index (χ3n) is 6.73. The van der Waals surface area contributed by atoms with Crippen LogP contribution in [0, 0.1) is 5.92 Å². The number of fused-ring (bicyclic) bond motifs is 1. The molecule has 3 aromatic rings. The second-order valence-electron chi connectivity index (χ2n) is 9.26. The number of ketones is 1. The fourth-order valence-electron chi connectivity index (χ4n) is 4.96. The summed E-state index contributed by atoms with van der Waals surface area (Å²) in [6, 6.07) is 20.9. The van der Waals surface area contributed by atoms with Gasteiger partial charge in [0.2, 0.25) is 5.91 Å². The number of carbonyl (C=O) groups excluding carboxylic acids is 3. The summed E-state index contributed by atoms with van der Waals surface area (Å²) in [6.45, 7) is 6.40. The number of amides is 2. The Kier molecular flexibility index (Phi) is 7.15. The smallest absolute Gasteiger partial charge is 0.266 e. The van der Waals surface area contributed by atoms with E-state index in [4.69, 9.17) is 14.3 Å². The third-order valence-corrected chi connectivity index (χ3v) is 6.73. The first-order valence-corrected chi connectivity index (χ1v) is 12.8. The van der Waals surface area contributed by atoms with Gasteiger partial charge in [-0.15, -0.1) is 0 Å². The van der Waals surface area contributed by atoms with Gasteiger partial charge in [-0.25, -0.2) is 9.96 Å². The van der Waals surface area contributed by atoms with Crippen molar-refractivity contribution in [3.8, 4) is 11.5 Å². The van der Waals surface area contributed by atoms with E-state index < -0.39 is 24.0 Å². The molecule has 2 saturated heterocycles. The standard InChI is InChI=1S/C30H30N2O6/c1-4-17-37-24-16-13-21(18-25(24)36-5-2)27-26-28(38-32(27)23-9-7-6-8-10-23)30(35)31(29(26)34)22-14-11-20(12-15-22)19(3)33/h6-16,18,26-28H,4-5,17H2,1-3H3/t26-,27+,28+/m1/s1. The van der Waals surface area contributed by atoms with Crippen LogP contribution in [0.2, 0.25) is 0 Å². The molecule has 2 amide bonds. The molecule has 0 aromatic heterocycles. The summed E-state index contributed by atoms with van der Waals surface area (Å²) in [5.74, 6) is -0.475. The zero-order valence-electron chi connectivity index (χ0n) is 21.6. The number of anilines is 2. The first kappa shape index (κ1) is 25.5. The highest BCUT2D eigenvalue weighted by Gasteiger charge is 2.60. The van der Waals surface area contributed by atoms with Gasteiger partial charge in [-0.3, -0.25) is 19.2 Å². The number of Topliss-reactive ketones (excluding diaryl/α,β-unsaturated/α-hetero) is 1. The Labute approximate surface area is 221 Å². The fourth-order valence-corrected chi connectivity index (χ4v) is 4.96. The molecule has 0 spiro atoms. The van der Waals surface area contributed by atoms with E-state index in [1.165, 1.54) is 6.92 Å². The average molecular weight is 515 g/mol. The van der Waals surface area contributed by atoms with Crippen LogP contribution >= 0.6 is 0 Å². The minimum atomic E-state index is -0.994. The number of ether oxygens (including phenoxy) is 2. The van der Waals surface area contributed by atoms with Crippen LogP contribution in [0.1, 0.15) is 49.2 Å². The number of imide groups is 1. The zero-order chi connectivity index (χ0) is 26.8. The van der Waals surface area contributed by atoms with Gasteiger partial charge in [-0.1, -0.05) is 31.2 Å². The lowest BCUT2D eigenvalue weighted by Gasteiger charge is -2.29. The van der Waals surface area contributed by atoms with Gasteiger partial charge in [0.05, 0.1) is 30.6 Å². The molecule has 0 bridgehead atoms. The molecule has 8 nitrogen and oxygen atoms in total. The predicted molar refractivity (Wildman–Crippen MR) is 142 cm³/mol. The Hall–Kier alpha value is -4.17. The van der Waals surface area contributed by atoms with E-state index in [1.54, 1.807) is 29.3 Å². The lowest BCUT2D eigenvalue weighted by Crippen LogP contribution is -2.37. The van der Waals surface area contributed by atoms with Crippen molar-refractivity contribution in [2.45, 2.75) is 39.3 Å². The van der Waals surface area contributed by atoms with E-state index in [-0.39, 0.29) is 11.7 Å². The van der Waals surface area contributed by atoms with Crippen LogP contribution in [0.3, 0.4) is 0 Å². The number of hydrogen-bond donors (Lipinski definition) is 0. The Balaban J connectivity index is 1.55. The van der Waals surface area contributed by atoms with Crippen molar-refractivity contribution in [1.29, 1.82) is 0 Å². The minimum Gasteiger partial charge on any atom is -0.490 e. The molecule has 2 aliphatic heterocycles. The number of hydrogen-bond acceptors (Lipinski definition) is 7. The van der Waals surface area contributed by atoms with E-state index in [2.05, 4.69) is 0 Å². The van der Waals surface area contributed by atoms with Crippen molar-refractivity contribution in [2.24, 2.45) is 5.92 Å². The van der Waals surface area contributed by atoms with Crippen LogP contribution < -0.4 is 19.4 Å². The van der Waals surface area contributed by atoms with Crippen molar-refractivity contribution in [2.75, 3.05) is 23.2 Å². The van der Waals surface area contributed by atoms with Gasteiger partial charge in [0.25, 0.3) is 5.91 Å². The van der Waals surface area contributed by atoms with Gasteiger partial charge < -0.3 is 9.47 Å². The molecule has 196 valence electrons. The summed E-state index contributed by atoms with van der Waals surface area (Å²) in [6.07, 6.45) is -0.137. The van der Waals surface area contributed by atoms with E-state index in [0.717, 1.165) is 22.6 Å². The molecule has 3 aromatic carbocycles. The van der Waals surface area contributed by atoms with Crippen molar-refractivity contribution in [1.82, 2.24) is 0 Å². The Morgan fingerprint density at radius 2 is 1.61 bits per heavy atom. The molecule has 2 aliphatic rings. The molecule has 2 fully saturated rings. The molecule has 0 radical (unpaired) electrons. The lowest BCUT2D eigenvalue weighted by molar-refractivity contribution is -0.126. The Morgan fingerprint density at radius 3 is 2.26 bits per heavy atom. The molecule has 3 atom stereocenters. The van der Waals surface area contributed by atoms with Gasteiger partial charge in [-0.2, -0.15) is 0 Å². The average Bonchev–Trinajstić information content (AvgIpc) is 3.44. The fraction of sp³-hybridized carbons (Fsp3) is 0.300. The van der Waals surface area contributed by atoms with Crippen molar-refractivity contribution in [3.63, 3.8) is 0 Å². The van der Waals surface area contributed by atoms with Crippen LogP contribution in [0.15, 0.2) is 72.8 Å². The Morgan fingerprint density at radius 1 is 0.868 bits per heavy atom. The van der Waals surface area contributed by atoms with Crippen LogP contribution in [0.25, 0.3) is 0 Å². The topological polar surface area (TPSA) is 85.4 Å². The number of para-hydroxylation sites is 1. The van der Waals surface area contributed by atoms with Gasteiger partial charge in [-0.05, 0) is 74.4 Å². The van der Waals surface area contributed by atoms with E-state index in [1.807, 2.05) is 62.4 Å². The maximum atomic E-state index is 13.9. The van der Waals surface area contributed by atoms with Crippen LogP contribution in [-0.2, 0) is 14.4 Å². The van der Waals surface area contributed by atoms with Crippen molar-refractivity contribution in [3.05, 3.63) is 83.9 Å². The highest BCUT2D eigenvalue weighted by molar-refractivity contribution is 6.24. The molecular weight excluding hydrogens is 484 g/mol. The molecule has 2 heterocycles. The van der Waals surface area contributed by atoms with E-state index >= 15 is 0 Å². The predicted octanol–water partition coefficient (Wildman–Crippen LogP) is 5.13. The number of benzene rings is 3. The summed E-state index contributed by atoms with van der Waals surface area (Å²) >= 11 is 0. The summed E-state index contributed by atoms with van der Waals surface area (Å²) in [7, 11) is 0. The van der Waals surface area contributed by atoms with Gasteiger partial charge in [0.1, 0.15) is 5.92 Å². The first-order chi connectivity index (χ1) is 18.4. The highest BCUT2D eigenvalue weighted by Crippen LogP contribution is 2.48. The molecule has 5 rings (SSSR count). The zero-order valence-corrected chi connectivity index (χ0v) is 21.6. The third kappa shape index (κ3) is 4.52. The normalized spacial score (nSPS) is 20.6. The monoisotopic (exact) mass is 514 g/mol. The molecular formula is C30H30N2O6. The lowest BCUT2D eigenvalue weighted by atomic mass is 9.90. The molecule has 0 N–H and O–H groups in total. The molecule has 0 saturated carbocycles. The molecule has 8 heteroatoms. The minimum absolute atomic E-state index is 0.0918. The van der Waals surface area contributed by atoms with Crippen LogP contribution in [-0.4, -0.2) is 36.9 Å². The summed E-state index contributed by atoms with van der Waals surface area (Å²) < 4.78 is 11.8.